The van der Waals surface area contributed by atoms with E-state index >= 15 is 0 Å². The summed E-state index contributed by atoms with van der Waals surface area (Å²) in [5, 5.41) is 46.7. The molecule has 5 atom stereocenters. The lowest BCUT2D eigenvalue weighted by Crippen LogP contribution is -2.76. The van der Waals surface area contributed by atoms with Gasteiger partial charge in [0.15, 0.2) is 5.78 Å². The van der Waals surface area contributed by atoms with Crippen LogP contribution in [0.4, 0.5) is 0 Å². The van der Waals surface area contributed by atoms with E-state index in [1.165, 1.54) is 0 Å². The van der Waals surface area contributed by atoms with Gasteiger partial charge in [0.25, 0.3) is 0 Å². The van der Waals surface area contributed by atoms with Crippen molar-refractivity contribution in [1.82, 2.24) is 0 Å². The number of carbonyl (C=O) groups excluding carboxylic acids is 1. The summed E-state index contributed by atoms with van der Waals surface area (Å²) in [7, 11) is 0. The molecular weight excluding hydrogens is 222 g/mol. The highest BCUT2D eigenvalue weighted by Gasteiger charge is 2.60. The van der Waals surface area contributed by atoms with Crippen LogP contribution in [0.2, 0.25) is 0 Å². The predicted molar refractivity (Wildman–Crippen MR) is 48.7 cm³/mol. The van der Waals surface area contributed by atoms with Gasteiger partial charge in [-0.15, -0.1) is 0 Å². The lowest BCUT2D eigenvalue weighted by Gasteiger charge is -2.48. The highest BCUT2D eigenvalue weighted by molar-refractivity contribution is 5.85. The predicted octanol–water partition coefficient (Wildman–Crippen LogP) is -3.98. The van der Waals surface area contributed by atoms with E-state index in [9.17, 15) is 25.2 Å². The van der Waals surface area contributed by atoms with Gasteiger partial charge in [-0.1, -0.05) is 0 Å². The molecule has 1 rings (SSSR count). The van der Waals surface area contributed by atoms with Gasteiger partial charge in [-0.3, -0.25) is 10.5 Å². The molecule has 1 unspecified atom stereocenters. The van der Waals surface area contributed by atoms with Crippen LogP contribution in [0.1, 0.15) is 6.92 Å². The number of rotatable bonds is 2. The molecular formula is C8H15NO7. The average molecular weight is 237 g/mol. The van der Waals surface area contributed by atoms with Gasteiger partial charge < -0.3 is 30.3 Å². The summed E-state index contributed by atoms with van der Waals surface area (Å²) in [5.74, 6) is -3.46. The molecule has 0 aromatic heterocycles. The van der Waals surface area contributed by atoms with E-state index < -0.39 is 42.2 Å². The van der Waals surface area contributed by atoms with E-state index in [-0.39, 0.29) is 0 Å². The van der Waals surface area contributed by atoms with Gasteiger partial charge in [-0.05, 0) is 6.92 Å². The first-order chi connectivity index (χ1) is 7.19. The fourth-order valence-electron chi connectivity index (χ4n) is 1.51. The van der Waals surface area contributed by atoms with Crippen molar-refractivity contribution in [3.63, 3.8) is 0 Å². The molecule has 1 aliphatic rings. The minimum Gasteiger partial charge on any atom is -0.391 e. The van der Waals surface area contributed by atoms with Crippen LogP contribution >= 0.6 is 0 Å². The zero-order valence-electron chi connectivity index (χ0n) is 8.57. The number of ether oxygens (including phenoxy) is 1. The molecule has 0 aromatic carbocycles. The highest BCUT2D eigenvalue weighted by Crippen LogP contribution is 2.32. The summed E-state index contributed by atoms with van der Waals surface area (Å²) in [6.07, 6.45) is -5.81. The monoisotopic (exact) mass is 237 g/mol. The molecule has 0 aromatic rings. The third-order valence-corrected chi connectivity index (χ3v) is 2.67. The summed E-state index contributed by atoms with van der Waals surface area (Å²) < 4.78 is 4.64. The standard InChI is InChI=1S/C8H15NO7/c1-3(11)8(9)6(14)4(12)5(13)7(15,2-10)16-8/h4-6,10,12-15H,2,9H2,1H3/t4-,5-,6-,7-,8?/m0/s1. The van der Waals surface area contributed by atoms with Crippen LogP contribution in [0.15, 0.2) is 0 Å². The molecule has 0 bridgehead atoms. The molecule has 0 radical (unpaired) electrons. The van der Waals surface area contributed by atoms with E-state index in [4.69, 9.17) is 10.8 Å². The molecule has 1 saturated heterocycles. The van der Waals surface area contributed by atoms with Crippen LogP contribution in [0.3, 0.4) is 0 Å². The third-order valence-electron chi connectivity index (χ3n) is 2.67. The number of aliphatic hydroxyl groups excluding tert-OH is 4. The van der Waals surface area contributed by atoms with E-state index in [1.807, 2.05) is 0 Å². The van der Waals surface area contributed by atoms with Crippen molar-refractivity contribution >= 4 is 5.78 Å². The van der Waals surface area contributed by atoms with Gasteiger partial charge >= 0.3 is 0 Å². The van der Waals surface area contributed by atoms with Crippen molar-refractivity contribution < 1.29 is 35.1 Å². The van der Waals surface area contributed by atoms with Crippen LogP contribution in [0, 0.1) is 0 Å². The fourth-order valence-corrected chi connectivity index (χ4v) is 1.51. The normalized spacial score (nSPS) is 49.1. The zero-order valence-corrected chi connectivity index (χ0v) is 8.57. The molecule has 1 fully saturated rings. The summed E-state index contributed by atoms with van der Waals surface area (Å²) in [4.78, 5) is 11.2. The van der Waals surface area contributed by atoms with E-state index in [1.54, 1.807) is 0 Å². The maximum absolute atomic E-state index is 11.2. The summed E-state index contributed by atoms with van der Waals surface area (Å²) in [6.45, 7) is -0.115. The van der Waals surface area contributed by atoms with Crippen LogP contribution in [-0.2, 0) is 9.53 Å². The lowest BCUT2D eigenvalue weighted by atomic mass is 9.87. The van der Waals surface area contributed by atoms with E-state index in [0.717, 1.165) is 6.92 Å². The number of hydrogen-bond donors (Lipinski definition) is 6. The highest BCUT2D eigenvalue weighted by atomic mass is 16.7. The smallest absolute Gasteiger partial charge is 0.220 e. The van der Waals surface area contributed by atoms with Gasteiger partial charge in [0.05, 0.1) is 6.61 Å². The molecule has 7 N–H and O–H groups in total. The number of hydrogen-bond acceptors (Lipinski definition) is 8. The Morgan fingerprint density at radius 1 is 1.38 bits per heavy atom. The Morgan fingerprint density at radius 3 is 2.25 bits per heavy atom. The largest absolute Gasteiger partial charge is 0.391 e. The van der Waals surface area contributed by atoms with Crippen molar-refractivity contribution in [2.75, 3.05) is 6.61 Å². The Labute approximate surface area is 90.9 Å². The summed E-state index contributed by atoms with van der Waals surface area (Å²) >= 11 is 0. The minimum atomic E-state index is -2.60. The molecule has 0 spiro atoms. The maximum atomic E-state index is 11.2. The molecule has 0 aliphatic carbocycles. The van der Waals surface area contributed by atoms with Crippen molar-refractivity contribution in [3.05, 3.63) is 0 Å². The first kappa shape index (κ1) is 13.5. The van der Waals surface area contributed by atoms with Crippen LogP contribution in [0.5, 0.6) is 0 Å². The van der Waals surface area contributed by atoms with Crippen LogP contribution in [-0.4, -0.2) is 67.7 Å². The first-order valence-corrected chi connectivity index (χ1v) is 4.56. The number of aliphatic hydroxyl groups is 5. The van der Waals surface area contributed by atoms with E-state index in [0.29, 0.717) is 0 Å². The Bertz CT molecular complexity index is 298. The summed E-state index contributed by atoms with van der Waals surface area (Å²) in [5.41, 5.74) is 3.01. The quantitative estimate of drug-likeness (QED) is 0.284. The molecule has 1 heterocycles. The summed E-state index contributed by atoms with van der Waals surface area (Å²) in [6, 6.07) is 0. The number of nitrogens with two attached hydrogens (primary N) is 1. The van der Waals surface area contributed by atoms with Gasteiger partial charge in [0.1, 0.15) is 18.3 Å². The Morgan fingerprint density at radius 2 is 1.88 bits per heavy atom. The van der Waals surface area contributed by atoms with Crippen molar-refractivity contribution in [2.45, 2.75) is 36.7 Å². The molecule has 8 nitrogen and oxygen atoms in total. The zero-order chi connectivity index (χ0) is 12.7. The number of carbonyl (C=O) groups is 1. The topological polar surface area (TPSA) is 153 Å². The van der Waals surface area contributed by atoms with Crippen molar-refractivity contribution in [3.8, 4) is 0 Å². The van der Waals surface area contributed by atoms with Crippen LogP contribution in [0.25, 0.3) is 0 Å². The van der Waals surface area contributed by atoms with Crippen molar-refractivity contribution in [2.24, 2.45) is 5.73 Å². The maximum Gasteiger partial charge on any atom is 0.220 e. The van der Waals surface area contributed by atoms with Crippen molar-refractivity contribution in [1.29, 1.82) is 0 Å². The van der Waals surface area contributed by atoms with Gasteiger partial charge in [0.2, 0.25) is 11.5 Å². The SMILES string of the molecule is CC(=O)C1(N)O[C@@](O)(CO)[C@@H](O)[C@H](O)[C@@H]1O. The molecule has 94 valence electrons. The van der Waals surface area contributed by atoms with Gasteiger partial charge in [-0.2, -0.15) is 0 Å². The van der Waals surface area contributed by atoms with Crippen LogP contribution < -0.4 is 5.73 Å². The Kier molecular flexibility index (Phi) is 3.37. The molecule has 8 heteroatoms. The molecule has 1 aliphatic heterocycles. The molecule has 16 heavy (non-hydrogen) atoms. The van der Waals surface area contributed by atoms with Gasteiger partial charge in [0, 0.05) is 0 Å². The second-order valence-electron chi connectivity index (χ2n) is 3.83. The van der Waals surface area contributed by atoms with E-state index in [2.05, 4.69) is 4.74 Å². The molecule has 0 saturated carbocycles. The average Bonchev–Trinajstić information content (AvgIpc) is 2.23. The molecule has 0 amide bonds. The Balaban J connectivity index is 3.13. The number of Topliss-reactive ketones (excluding diaryl/α,β-unsaturated/α-hetero) is 1. The first-order valence-electron chi connectivity index (χ1n) is 4.56. The minimum absolute atomic E-state index is 0.863. The Hall–Kier alpha value is -0.610. The van der Waals surface area contributed by atoms with Gasteiger partial charge in [-0.25, -0.2) is 0 Å². The second-order valence-corrected chi connectivity index (χ2v) is 3.83. The second kappa shape index (κ2) is 4.00. The fraction of sp³-hybridized carbons (Fsp3) is 0.875. The lowest BCUT2D eigenvalue weighted by molar-refractivity contribution is -0.373. The number of ketones is 1. The third kappa shape index (κ3) is 1.74.